The second kappa shape index (κ2) is 5.84. The number of anilines is 1. The topological polar surface area (TPSA) is 66.0 Å². The number of rotatable bonds is 4. The van der Waals surface area contributed by atoms with Crippen LogP contribution in [0.3, 0.4) is 0 Å². The van der Waals surface area contributed by atoms with Gasteiger partial charge < -0.3 is 10.6 Å². The van der Waals surface area contributed by atoms with E-state index in [4.69, 9.17) is 11.1 Å². The molecule has 0 unspecified atom stereocenters. The van der Waals surface area contributed by atoms with Crippen LogP contribution in [0, 0.1) is 5.41 Å². The molecule has 0 fully saturated rings. The van der Waals surface area contributed by atoms with Crippen molar-refractivity contribution in [2.75, 3.05) is 11.9 Å². The van der Waals surface area contributed by atoms with Crippen LogP contribution in [0.1, 0.15) is 11.1 Å². The molecule has 1 heterocycles. The Hall–Kier alpha value is -1.88. The number of benzene rings is 1. The first-order valence-corrected chi connectivity index (χ1v) is 6.62. The van der Waals surface area contributed by atoms with Crippen molar-refractivity contribution in [2.24, 2.45) is 5.73 Å². The number of nitrogens with zero attached hydrogens (tertiary/aromatic N) is 2. The molecular formula is C14H15BrN4. The van der Waals surface area contributed by atoms with E-state index in [1.807, 2.05) is 30.1 Å². The summed E-state index contributed by atoms with van der Waals surface area (Å²) in [5, 5.41) is 7.61. The molecule has 1 aromatic carbocycles. The Balaban J connectivity index is 2.28. The van der Waals surface area contributed by atoms with E-state index in [2.05, 4.69) is 27.0 Å². The first kappa shape index (κ1) is 13.5. The zero-order chi connectivity index (χ0) is 13.8. The van der Waals surface area contributed by atoms with Crippen molar-refractivity contribution < 1.29 is 0 Å². The number of pyridine rings is 1. The van der Waals surface area contributed by atoms with Crippen molar-refractivity contribution in [3.63, 3.8) is 0 Å². The van der Waals surface area contributed by atoms with Gasteiger partial charge in [0.1, 0.15) is 5.84 Å². The van der Waals surface area contributed by atoms with Gasteiger partial charge in [-0.15, -0.1) is 0 Å². The van der Waals surface area contributed by atoms with Crippen LogP contribution >= 0.6 is 15.9 Å². The number of nitrogens with one attached hydrogen (secondary N) is 1. The zero-order valence-electron chi connectivity index (χ0n) is 10.6. The number of nitrogen functional groups attached to an aromatic ring is 1. The van der Waals surface area contributed by atoms with Crippen molar-refractivity contribution in [3.8, 4) is 0 Å². The predicted octanol–water partition coefficient (Wildman–Crippen LogP) is 2.76. The van der Waals surface area contributed by atoms with Crippen LogP contribution in [0.15, 0.2) is 47.2 Å². The Kier molecular flexibility index (Phi) is 4.16. The lowest BCUT2D eigenvalue weighted by molar-refractivity contribution is 0.911. The van der Waals surface area contributed by atoms with Crippen LogP contribution in [-0.2, 0) is 6.54 Å². The highest BCUT2D eigenvalue weighted by atomic mass is 79.9. The fourth-order valence-electron chi connectivity index (χ4n) is 1.89. The number of halogens is 1. The van der Waals surface area contributed by atoms with Crippen molar-refractivity contribution in [3.05, 3.63) is 58.3 Å². The molecule has 0 aliphatic carbocycles. The Morgan fingerprint density at radius 1 is 1.37 bits per heavy atom. The Morgan fingerprint density at radius 3 is 2.79 bits per heavy atom. The van der Waals surface area contributed by atoms with Gasteiger partial charge in [-0.2, -0.15) is 0 Å². The van der Waals surface area contributed by atoms with Gasteiger partial charge in [-0.3, -0.25) is 10.4 Å². The Morgan fingerprint density at radius 2 is 2.11 bits per heavy atom. The SMILES string of the molecule is CN(Cc1ccccc1Br)c1cnccc1C(=N)N. The predicted molar refractivity (Wildman–Crippen MR) is 81.5 cm³/mol. The van der Waals surface area contributed by atoms with Gasteiger partial charge in [-0.25, -0.2) is 0 Å². The molecule has 0 amide bonds. The molecular weight excluding hydrogens is 304 g/mol. The molecule has 4 nitrogen and oxygen atoms in total. The van der Waals surface area contributed by atoms with Gasteiger partial charge in [0.05, 0.1) is 11.9 Å². The van der Waals surface area contributed by atoms with E-state index in [1.54, 1.807) is 18.5 Å². The second-order valence-electron chi connectivity index (χ2n) is 4.25. The first-order valence-electron chi connectivity index (χ1n) is 5.82. The van der Waals surface area contributed by atoms with E-state index < -0.39 is 0 Å². The summed E-state index contributed by atoms with van der Waals surface area (Å²) >= 11 is 3.54. The zero-order valence-corrected chi connectivity index (χ0v) is 12.2. The first-order chi connectivity index (χ1) is 9.09. The van der Waals surface area contributed by atoms with E-state index in [-0.39, 0.29) is 5.84 Å². The molecule has 0 saturated carbocycles. The summed E-state index contributed by atoms with van der Waals surface area (Å²) in [6, 6.07) is 9.82. The van der Waals surface area contributed by atoms with Crippen molar-refractivity contribution in [2.45, 2.75) is 6.54 Å². The van der Waals surface area contributed by atoms with Crippen molar-refractivity contribution in [1.29, 1.82) is 5.41 Å². The number of hydrogen-bond acceptors (Lipinski definition) is 3. The molecule has 0 atom stereocenters. The molecule has 5 heteroatoms. The van der Waals surface area contributed by atoms with Gasteiger partial charge in [0.25, 0.3) is 0 Å². The fourth-order valence-corrected chi connectivity index (χ4v) is 2.30. The fraction of sp³-hybridized carbons (Fsp3) is 0.143. The van der Waals surface area contributed by atoms with Gasteiger partial charge in [0.2, 0.25) is 0 Å². The number of aromatic nitrogens is 1. The molecule has 2 aromatic rings. The Bertz CT molecular complexity index is 598. The average Bonchev–Trinajstić information content (AvgIpc) is 2.41. The summed E-state index contributed by atoms with van der Waals surface area (Å²) in [7, 11) is 1.96. The van der Waals surface area contributed by atoms with Crippen molar-refractivity contribution in [1.82, 2.24) is 4.98 Å². The molecule has 3 N–H and O–H groups in total. The maximum atomic E-state index is 7.61. The molecule has 1 aromatic heterocycles. The average molecular weight is 319 g/mol. The minimum absolute atomic E-state index is 0.0522. The van der Waals surface area contributed by atoms with Gasteiger partial charge >= 0.3 is 0 Å². The standard InChI is InChI=1S/C14H15BrN4/c1-19(9-10-4-2-3-5-12(10)15)13-8-18-7-6-11(13)14(16)17/h2-8H,9H2,1H3,(H3,16,17). The molecule has 0 aliphatic heterocycles. The third-order valence-corrected chi connectivity index (χ3v) is 3.64. The lowest BCUT2D eigenvalue weighted by Crippen LogP contribution is -2.22. The molecule has 0 spiro atoms. The van der Waals surface area contributed by atoms with Crippen LogP contribution in [-0.4, -0.2) is 17.9 Å². The highest BCUT2D eigenvalue weighted by Crippen LogP contribution is 2.22. The van der Waals surface area contributed by atoms with Crippen molar-refractivity contribution >= 4 is 27.5 Å². The Labute approximate surface area is 120 Å². The minimum atomic E-state index is 0.0522. The highest BCUT2D eigenvalue weighted by molar-refractivity contribution is 9.10. The van der Waals surface area contributed by atoms with Gasteiger partial charge in [0.15, 0.2) is 0 Å². The maximum absolute atomic E-state index is 7.61. The van der Waals surface area contributed by atoms with E-state index in [9.17, 15) is 0 Å². The quantitative estimate of drug-likeness (QED) is 0.673. The summed E-state index contributed by atoms with van der Waals surface area (Å²) < 4.78 is 1.06. The summed E-state index contributed by atoms with van der Waals surface area (Å²) in [6.07, 6.45) is 3.38. The number of hydrogen-bond donors (Lipinski definition) is 2. The maximum Gasteiger partial charge on any atom is 0.125 e. The minimum Gasteiger partial charge on any atom is -0.384 e. The summed E-state index contributed by atoms with van der Waals surface area (Å²) in [5.41, 5.74) is 8.32. The molecule has 0 saturated heterocycles. The van der Waals surface area contributed by atoms with E-state index in [1.165, 1.54) is 5.56 Å². The molecule has 0 radical (unpaired) electrons. The number of amidine groups is 1. The lowest BCUT2D eigenvalue weighted by Gasteiger charge is -2.22. The third-order valence-electron chi connectivity index (χ3n) is 2.87. The largest absolute Gasteiger partial charge is 0.384 e. The molecule has 2 rings (SSSR count). The molecule has 98 valence electrons. The van der Waals surface area contributed by atoms with Crippen LogP contribution < -0.4 is 10.6 Å². The lowest BCUT2D eigenvalue weighted by atomic mass is 10.1. The van der Waals surface area contributed by atoms with Gasteiger partial charge in [-0.1, -0.05) is 34.1 Å². The highest BCUT2D eigenvalue weighted by Gasteiger charge is 2.11. The molecule has 0 bridgehead atoms. The second-order valence-corrected chi connectivity index (χ2v) is 5.11. The monoisotopic (exact) mass is 318 g/mol. The van der Waals surface area contributed by atoms with Gasteiger partial charge in [0, 0.05) is 29.8 Å². The molecule has 19 heavy (non-hydrogen) atoms. The van der Waals surface area contributed by atoms with E-state index >= 15 is 0 Å². The van der Waals surface area contributed by atoms with Gasteiger partial charge in [-0.05, 0) is 17.7 Å². The third kappa shape index (κ3) is 3.12. The van der Waals surface area contributed by atoms with Crippen LogP contribution in [0.2, 0.25) is 0 Å². The van der Waals surface area contributed by atoms with Crippen LogP contribution in [0.5, 0.6) is 0 Å². The van der Waals surface area contributed by atoms with E-state index in [0.717, 1.165) is 10.2 Å². The summed E-state index contributed by atoms with van der Waals surface area (Å²) in [6.45, 7) is 0.716. The molecule has 0 aliphatic rings. The van der Waals surface area contributed by atoms with Crippen LogP contribution in [0.25, 0.3) is 0 Å². The summed E-state index contributed by atoms with van der Waals surface area (Å²) in [4.78, 5) is 6.14. The van der Waals surface area contributed by atoms with E-state index in [0.29, 0.717) is 12.1 Å². The van der Waals surface area contributed by atoms with Crippen LogP contribution in [0.4, 0.5) is 5.69 Å². The summed E-state index contributed by atoms with van der Waals surface area (Å²) in [5.74, 6) is 0.0522. The smallest absolute Gasteiger partial charge is 0.125 e. The normalized spacial score (nSPS) is 10.2. The number of nitrogens with two attached hydrogens (primary N) is 1.